The third-order valence-electron chi connectivity index (χ3n) is 7.97. The highest BCUT2D eigenvalue weighted by Crippen LogP contribution is 2.65. The number of ether oxygens (including phenoxy) is 1. The zero-order chi connectivity index (χ0) is 24.5. The second-order valence-electron chi connectivity index (χ2n) is 10.1. The Hall–Kier alpha value is -2.94. The van der Waals surface area contributed by atoms with Crippen LogP contribution < -0.4 is 10.1 Å². The van der Waals surface area contributed by atoms with E-state index in [0.717, 1.165) is 24.8 Å². The molecule has 2 unspecified atom stereocenters. The first-order chi connectivity index (χ1) is 16.6. The number of nitrogens with one attached hydrogen (secondary N) is 1. The number of rotatable bonds is 4. The highest BCUT2D eigenvalue weighted by atomic mass is 32.2. The number of benzene rings is 2. The zero-order valence-corrected chi connectivity index (χ0v) is 19.3. The van der Waals surface area contributed by atoms with Crippen LogP contribution in [0.3, 0.4) is 0 Å². The largest absolute Gasteiger partial charge is 0.573 e. The van der Waals surface area contributed by atoms with Crippen molar-refractivity contribution < 1.29 is 32.6 Å². The van der Waals surface area contributed by atoms with Crippen molar-refractivity contribution >= 4 is 29.0 Å². The second kappa shape index (κ2) is 7.78. The number of hydrogen-bond donors (Lipinski definition) is 2. The maximum Gasteiger partial charge on any atom is 0.573 e. The number of thioether (sulfide) groups is 1. The molecular formula is C26H22F3NO4S. The Morgan fingerprint density at radius 3 is 2.43 bits per heavy atom. The summed E-state index contributed by atoms with van der Waals surface area (Å²) in [6.45, 7) is 0. The molecule has 2 amide bonds. The fourth-order valence-corrected chi connectivity index (χ4v) is 7.60. The van der Waals surface area contributed by atoms with Gasteiger partial charge in [-0.3, -0.25) is 14.9 Å². The molecule has 5 nitrogen and oxygen atoms in total. The molecule has 7 rings (SSSR count). The predicted octanol–water partition coefficient (Wildman–Crippen LogP) is 6.36. The van der Waals surface area contributed by atoms with Crippen LogP contribution >= 0.6 is 11.8 Å². The maximum atomic E-state index is 13.3. The summed E-state index contributed by atoms with van der Waals surface area (Å²) in [5.74, 6) is 1.18. The predicted molar refractivity (Wildman–Crippen MR) is 125 cm³/mol. The molecule has 2 atom stereocenters. The van der Waals surface area contributed by atoms with Gasteiger partial charge in [0.25, 0.3) is 11.1 Å². The van der Waals surface area contributed by atoms with Gasteiger partial charge in [0.1, 0.15) is 11.5 Å². The normalized spacial score (nSPS) is 30.4. The lowest BCUT2D eigenvalue weighted by Crippen LogP contribution is -2.31. The maximum absolute atomic E-state index is 13.3. The smallest absolute Gasteiger partial charge is 0.508 e. The molecule has 4 saturated carbocycles. The Labute approximate surface area is 203 Å². The standard InChI is InChI=1S/C26H22F3NO4S/c27-26(28,29)34-21-7-13(8-22-23(32)30-24(33)35-22)1-3-18(21)15-2-4-20(31)19(9-15)25-10-14-5-16(11-25)17(6-14)12-25/h1-4,7-9,14,16-17,31H,5-6,10-12H2,(H,30,32,33)/b22-8-. The molecule has 0 spiro atoms. The van der Waals surface area contributed by atoms with E-state index in [1.807, 2.05) is 6.07 Å². The van der Waals surface area contributed by atoms with Crippen LogP contribution in [0.2, 0.25) is 0 Å². The van der Waals surface area contributed by atoms with E-state index >= 15 is 0 Å². The zero-order valence-electron chi connectivity index (χ0n) is 18.5. The highest BCUT2D eigenvalue weighted by molar-refractivity contribution is 8.18. The van der Waals surface area contributed by atoms with E-state index in [0.29, 0.717) is 40.6 Å². The van der Waals surface area contributed by atoms with Crippen LogP contribution in [0.5, 0.6) is 11.5 Å². The highest BCUT2D eigenvalue weighted by Gasteiger charge is 2.57. The molecular weight excluding hydrogens is 479 g/mol. The van der Waals surface area contributed by atoms with Crippen LogP contribution in [0.4, 0.5) is 18.0 Å². The Morgan fingerprint density at radius 1 is 1.06 bits per heavy atom. The molecule has 2 aromatic rings. The molecule has 2 aromatic carbocycles. The summed E-state index contributed by atoms with van der Waals surface area (Å²) in [6.07, 6.45) is 1.96. The molecule has 1 saturated heterocycles. The van der Waals surface area contributed by atoms with Gasteiger partial charge < -0.3 is 9.84 Å². The molecule has 0 radical (unpaired) electrons. The number of hydrogen-bond acceptors (Lipinski definition) is 5. The lowest BCUT2D eigenvalue weighted by molar-refractivity contribution is -0.274. The van der Waals surface area contributed by atoms with Crippen molar-refractivity contribution in [3.05, 3.63) is 52.4 Å². The molecule has 1 aliphatic heterocycles. The molecule has 9 heteroatoms. The summed E-state index contributed by atoms with van der Waals surface area (Å²) in [4.78, 5) is 23.3. The van der Waals surface area contributed by atoms with Crippen molar-refractivity contribution in [2.24, 2.45) is 17.8 Å². The summed E-state index contributed by atoms with van der Waals surface area (Å²) in [5.41, 5.74) is 1.75. The number of carbonyl (C=O) groups is 2. The van der Waals surface area contributed by atoms with Crippen LogP contribution in [0.15, 0.2) is 41.3 Å². The van der Waals surface area contributed by atoms with Gasteiger partial charge in [-0.2, -0.15) is 0 Å². The summed E-state index contributed by atoms with van der Waals surface area (Å²) >= 11 is 0.688. The third-order valence-corrected chi connectivity index (χ3v) is 8.78. The number of phenolic OH excluding ortho intramolecular Hbond substituents is 1. The van der Waals surface area contributed by atoms with Crippen LogP contribution in [0.1, 0.15) is 43.2 Å². The topological polar surface area (TPSA) is 75.6 Å². The number of imide groups is 1. The first-order valence-electron chi connectivity index (χ1n) is 11.6. The van der Waals surface area contributed by atoms with E-state index in [-0.39, 0.29) is 21.6 Å². The van der Waals surface area contributed by atoms with Crippen molar-refractivity contribution in [1.82, 2.24) is 5.32 Å². The van der Waals surface area contributed by atoms with E-state index in [4.69, 9.17) is 0 Å². The first-order valence-corrected chi connectivity index (χ1v) is 12.4. The minimum absolute atomic E-state index is 0.0957. The van der Waals surface area contributed by atoms with Gasteiger partial charge in [0.15, 0.2) is 0 Å². The van der Waals surface area contributed by atoms with E-state index in [1.165, 1.54) is 31.1 Å². The number of carbonyl (C=O) groups excluding carboxylic acids is 2. The Kier molecular flexibility index (Phi) is 5.01. The van der Waals surface area contributed by atoms with Gasteiger partial charge in [-0.05, 0) is 102 Å². The van der Waals surface area contributed by atoms with Gasteiger partial charge in [0.2, 0.25) is 0 Å². The van der Waals surface area contributed by atoms with Gasteiger partial charge >= 0.3 is 6.36 Å². The number of phenols is 1. The molecule has 182 valence electrons. The van der Waals surface area contributed by atoms with Crippen LogP contribution in [-0.4, -0.2) is 22.6 Å². The average molecular weight is 502 g/mol. The number of aromatic hydroxyl groups is 1. The van der Waals surface area contributed by atoms with Crippen LogP contribution in [0, 0.1) is 17.8 Å². The van der Waals surface area contributed by atoms with Gasteiger partial charge in [-0.1, -0.05) is 18.2 Å². The van der Waals surface area contributed by atoms with E-state index in [9.17, 15) is 27.9 Å². The van der Waals surface area contributed by atoms with Crippen molar-refractivity contribution in [2.45, 2.75) is 43.9 Å². The summed E-state index contributed by atoms with van der Waals surface area (Å²) < 4.78 is 44.3. The number of halogens is 3. The Balaban J connectivity index is 1.40. The molecule has 5 fully saturated rings. The van der Waals surface area contributed by atoms with Gasteiger partial charge in [0, 0.05) is 11.1 Å². The SMILES string of the molecule is O=C1NC(=O)/C(=C/c2ccc(-c3ccc(O)c(C45CC6CC(C4)C(C6)C5)c3)c(OC(F)(F)F)c2)S1. The molecule has 1 heterocycles. The Morgan fingerprint density at radius 2 is 1.80 bits per heavy atom. The number of alkyl halides is 3. The van der Waals surface area contributed by atoms with Crippen LogP contribution in [0.25, 0.3) is 17.2 Å². The minimum atomic E-state index is -4.92. The minimum Gasteiger partial charge on any atom is -0.508 e. The van der Waals surface area contributed by atoms with E-state index < -0.39 is 23.3 Å². The van der Waals surface area contributed by atoms with Crippen molar-refractivity contribution in [2.75, 3.05) is 0 Å². The quantitative estimate of drug-likeness (QED) is 0.477. The van der Waals surface area contributed by atoms with E-state index in [1.54, 1.807) is 18.2 Å². The number of amides is 2. The summed E-state index contributed by atoms with van der Waals surface area (Å²) in [7, 11) is 0. The average Bonchev–Trinajstić information content (AvgIpc) is 3.33. The van der Waals surface area contributed by atoms with E-state index in [2.05, 4.69) is 10.1 Å². The van der Waals surface area contributed by atoms with Crippen molar-refractivity contribution in [3.8, 4) is 22.6 Å². The molecule has 2 N–H and O–H groups in total. The van der Waals surface area contributed by atoms with Gasteiger partial charge in [-0.25, -0.2) is 0 Å². The lowest BCUT2D eigenvalue weighted by Gasteiger charge is -2.39. The molecule has 0 aromatic heterocycles. The molecule has 4 aliphatic carbocycles. The van der Waals surface area contributed by atoms with Crippen LogP contribution in [-0.2, 0) is 10.2 Å². The monoisotopic (exact) mass is 501 g/mol. The fraction of sp³-hybridized carbons (Fsp3) is 0.385. The lowest BCUT2D eigenvalue weighted by atomic mass is 9.65. The van der Waals surface area contributed by atoms with Gasteiger partial charge in [-0.15, -0.1) is 13.2 Å². The summed E-state index contributed by atoms with van der Waals surface area (Å²) in [6, 6.07) is 9.27. The second-order valence-corrected chi connectivity index (χ2v) is 11.2. The first kappa shape index (κ1) is 22.5. The van der Waals surface area contributed by atoms with Crippen molar-refractivity contribution in [3.63, 3.8) is 0 Å². The third kappa shape index (κ3) is 3.99. The molecule has 4 bridgehead atoms. The molecule has 35 heavy (non-hydrogen) atoms. The summed E-state index contributed by atoms with van der Waals surface area (Å²) in [5, 5.41) is 12.4. The Bertz CT molecular complexity index is 1270. The van der Waals surface area contributed by atoms with Crippen molar-refractivity contribution in [1.29, 1.82) is 0 Å². The fourth-order valence-electron chi connectivity index (χ4n) is 6.92. The molecule has 5 aliphatic rings. The van der Waals surface area contributed by atoms with Gasteiger partial charge in [0.05, 0.1) is 4.91 Å².